The van der Waals surface area contributed by atoms with E-state index in [-0.39, 0.29) is 17.7 Å². The van der Waals surface area contributed by atoms with E-state index in [0.29, 0.717) is 12.1 Å². The smallest absolute Gasteiger partial charge is 0.387 e. The molecular weight excluding hydrogens is 332 g/mol. The van der Waals surface area contributed by atoms with Crippen LogP contribution in [-0.4, -0.2) is 35.3 Å². The van der Waals surface area contributed by atoms with Gasteiger partial charge in [-0.2, -0.15) is 8.78 Å². The van der Waals surface area contributed by atoms with Gasteiger partial charge in [-0.15, -0.1) is 0 Å². The van der Waals surface area contributed by atoms with Crippen LogP contribution in [-0.2, 0) is 0 Å². The zero-order valence-electron chi connectivity index (χ0n) is 10.9. The van der Waals surface area contributed by atoms with Crippen molar-refractivity contribution < 1.29 is 18.3 Å². The molecule has 0 N–H and O–H groups in total. The van der Waals surface area contributed by atoms with Gasteiger partial charge in [0, 0.05) is 23.5 Å². The summed E-state index contributed by atoms with van der Waals surface area (Å²) in [5.74, 6) is -0.118. The van der Waals surface area contributed by atoms with Crippen molar-refractivity contribution >= 4 is 21.8 Å². The summed E-state index contributed by atoms with van der Waals surface area (Å²) in [6, 6.07) is 6.13. The highest BCUT2D eigenvalue weighted by Crippen LogP contribution is 2.23. The largest absolute Gasteiger partial charge is 0.435 e. The summed E-state index contributed by atoms with van der Waals surface area (Å²) in [6.07, 6.45) is 3.04. The Hall–Kier alpha value is -1.17. The van der Waals surface area contributed by atoms with Crippen molar-refractivity contribution in [2.24, 2.45) is 0 Å². The van der Waals surface area contributed by atoms with Gasteiger partial charge in [0.2, 0.25) is 0 Å². The molecule has 0 saturated carbocycles. The molecule has 1 saturated heterocycles. The second-order valence-corrected chi connectivity index (χ2v) is 5.36. The molecule has 1 aromatic rings. The van der Waals surface area contributed by atoms with E-state index in [2.05, 4.69) is 20.7 Å². The zero-order valence-corrected chi connectivity index (χ0v) is 12.5. The average molecular weight is 348 g/mol. The Balaban J connectivity index is 2.15. The number of ether oxygens (including phenoxy) is 1. The summed E-state index contributed by atoms with van der Waals surface area (Å²) >= 11 is 3.42. The molecule has 0 aliphatic carbocycles. The van der Waals surface area contributed by atoms with Crippen molar-refractivity contribution in [2.45, 2.75) is 31.9 Å². The van der Waals surface area contributed by atoms with E-state index in [1.807, 2.05) is 0 Å². The highest BCUT2D eigenvalue weighted by molar-refractivity contribution is 9.09. The summed E-state index contributed by atoms with van der Waals surface area (Å²) < 4.78 is 28.7. The number of benzene rings is 1. The molecule has 3 nitrogen and oxygen atoms in total. The topological polar surface area (TPSA) is 29.5 Å². The predicted octanol–water partition coefficient (Wildman–Crippen LogP) is 3.68. The summed E-state index contributed by atoms with van der Waals surface area (Å²) in [5.41, 5.74) is 0.385. The maximum atomic E-state index is 12.5. The number of amides is 1. The molecule has 1 heterocycles. The number of hydrogen-bond acceptors (Lipinski definition) is 2. The van der Waals surface area contributed by atoms with Crippen LogP contribution in [0.15, 0.2) is 24.3 Å². The Labute approximate surface area is 125 Å². The van der Waals surface area contributed by atoms with Crippen LogP contribution in [0.5, 0.6) is 5.75 Å². The van der Waals surface area contributed by atoms with E-state index in [9.17, 15) is 13.6 Å². The second-order valence-electron chi connectivity index (χ2n) is 4.71. The van der Waals surface area contributed by atoms with Gasteiger partial charge in [-0.05, 0) is 37.5 Å². The first-order valence-corrected chi connectivity index (χ1v) is 7.66. The van der Waals surface area contributed by atoms with E-state index in [0.717, 1.165) is 24.6 Å². The van der Waals surface area contributed by atoms with E-state index in [1.165, 1.54) is 12.1 Å². The molecule has 1 fully saturated rings. The van der Waals surface area contributed by atoms with Crippen molar-refractivity contribution in [2.75, 3.05) is 11.9 Å². The van der Waals surface area contributed by atoms with Gasteiger partial charge in [-0.25, -0.2) is 0 Å². The number of carbonyl (C=O) groups is 1. The summed E-state index contributed by atoms with van der Waals surface area (Å²) in [6.45, 7) is -2.18. The van der Waals surface area contributed by atoms with E-state index in [4.69, 9.17) is 0 Å². The lowest BCUT2D eigenvalue weighted by atomic mass is 10.0. The van der Waals surface area contributed by atoms with Crippen LogP contribution in [0.1, 0.15) is 29.6 Å². The summed E-state index contributed by atoms with van der Waals surface area (Å²) in [7, 11) is 0. The number of alkyl halides is 3. The molecule has 1 atom stereocenters. The van der Waals surface area contributed by atoms with Gasteiger partial charge in [0.25, 0.3) is 5.91 Å². The van der Waals surface area contributed by atoms with Crippen LogP contribution < -0.4 is 4.74 Å². The van der Waals surface area contributed by atoms with Crippen molar-refractivity contribution in [1.82, 2.24) is 4.90 Å². The number of carbonyl (C=O) groups excluding carboxylic acids is 1. The van der Waals surface area contributed by atoms with E-state index >= 15 is 0 Å². The molecule has 110 valence electrons. The molecule has 1 aromatic carbocycles. The Morgan fingerprint density at radius 1 is 1.45 bits per heavy atom. The Bertz CT molecular complexity index is 470. The Morgan fingerprint density at radius 3 is 2.95 bits per heavy atom. The molecule has 0 spiro atoms. The van der Waals surface area contributed by atoms with Gasteiger partial charge >= 0.3 is 6.61 Å². The first-order chi connectivity index (χ1) is 9.61. The van der Waals surface area contributed by atoms with Crippen LogP contribution in [0.2, 0.25) is 0 Å². The number of rotatable bonds is 4. The molecule has 20 heavy (non-hydrogen) atoms. The third-order valence-corrected chi connectivity index (χ3v) is 4.12. The van der Waals surface area contributed by atoms with Crippen molar-refractivity contribution in [3.05, 3.63) is 29.8 Å². The third kappa shape index (κ3) is 3.69. The van der Waals surface area contributed by atoms with Gasteiger partial charge in [0.1, 0.15) is 5.75 Å². The van der Waals surface area contributed by atoms with Gasteiger partial charge in [0.05, 0.1) is 0 Å². The third-order valence-electron chi connectivity index (χ3n) is 3.37. The van der Waals surface area contributed by atoms with E-state index in [1.54, 1.807) is 17.0 Å². The minimum atomic E-state index is -2.88. The minimum absolute atomic E-state index is 0.0123. The fourth-order valence-corrected chi connectivity index (χ4v) is 3.07. The van der Waals surface area contributed by atoms with Gasteiger partial charge in [-0.3, -0.25) is 4.79 Å². The molecule has 0 bridgehead atoms. The maximum absolute atomic E-state index is 12.5. The van der Waals surface area contributed by atoms with Gasteiger partial charge in [0.15, 0.2) is 0 Å². The lowest BCUT2D eigenvalue weighted by Gasteiger charge is -2.34. The normalized spacial score (nSPS) is 19.2. The molecule has 1 amide bonds. The first kappa shape index (κ1) is 15.2. The number of piperidine rings is 1. The molecule has 1 aliphatic rings. The number of halogens is 3. The molecule has 0 aromatic heterocycles. The minimum Gasteiger partial charge on any atom is -0.435 e. The highest BCUT2D eigenvalue weighted by atomic mass is 79.9. The monoisotopic (exact) mass is 347 g/mol. The number of nitrogens with zero attached hydrogens (tertiary/aromatic N) is 1. The molecule has 1 aliphatic heterocycles. The second kappa shape index (κ2) is 7.02. The quantitative estimate of drug-likeness (QED) is 0.777. The van der Waals surface area contributed by atoms with Crippen LogP contribution >= 0.6 is 15.9 Å². The van der Waals surface area contributed by atoms with Crippen molar-refractivity contribution in [3.63, 3.8) is 0 Å². The van der Waals surface area contributed by atoms with E-state index < -0.39 is 6.61 Å². The SMILES string of the molecule is O=C(c1cccc(OC(F)F)c1)N1CCCCC1CBr. The number of likely N-dealkylation sites (tertiary alicyclic amines) is 1. The fraction of sp³-hybridized carbons (Fsp3) is 0.500. The van der Waals surface area contributed by atoms with Gasteiger partial charge < -0.3 is 9.64 Å². The standard InChI is InChI=1S/C14H16BrF2NO2/c15-9-11-5-1-2-7-18(11)13(19)10-4-3-6-12(8-10)20-14(16)17/h3-4,6,8,11,14H,1-2,5,7,9H2. The van der Waals surface area contributed by atoms with Crippen molar-refractivity contribution in [3.8, 4) is 5.75 Å². The molecular formula is C14H16BrF2NO2. The molecule has 0 radical (unpaired) electrons. The molecule has 2 rings (SSSR count). The average Bonchev–Trinajstić information content (AvgIpc) is 2.46. The van der Waals surface area contributed by atoms with Crippen LogP contribution in [0.3, 0.4) is 0 Å². The summed E-state index contributed by atoms with van der Waals surface area (Å²) in [5, 5.41) is 0.728. The molecule has 6 heteroatoms. The first-order valence-electron chi connectivity index (χ1n) is 6.53. The zero-order chi connectivity index (χ0) is 14.5. The maximum Gasteiger partial charge on any atom is 0.387 e. The van der Waals surface area contributed by atoms with Gasteiger partial charge in [-0.1, -0.05) is 22.0 Å². The fourth-order valence-electron chi connectivity index (χ4n) is 2.40. The Kier molecular flexibility index (Phi) is 5.34. The van der Waals surface area contributed by atoms with Crippen LogP contribution in [0, 0.1) is 0 Å². The lowest BCUT2D eigenvalue weighted by Crippen LogP contribution is -2.44. The van der Waals surface area contributed by atoms with Crippen LogP contribution in [0.25, 0.3) is 0 Å². The Morgan fingerprint density at radius 2 is 2.25 bits per heavy atom. The molecule has 1 unspecified atom stereocenters. The highest BCUT2D eigenvalue weighted by Gasteiger charge is 2.26. The summed E-state index contributed by atoms with van der Waals surface area (Å²) in [4.78, 5) is 14.3. The number of hydrogen-bond donors (Lipinski definition) is 0. The van der Waals surface area contributed by atoms with Crippen LogP contribution in [0.4, 0.5) is 8.78 Å². The lowest BCUT2D eigenvalue weighted by molar-refractivity contribution is -0.0499. The predicted molar refractivity (Wildman–Crippen MR) is 75.5 cm³/mol. The van der Waals surface area contributed by atoms with Crippen molar-refractivity contribution in [1.29, 1.82) is 0 Å².